The molecule has 2 nitrogen and oxygen atoms in total. The monoisotopic (exact) mass is 238 g/mol. The molecule has 0 radical (unpaired) electrons. The first kappa shape index (κ1) is 12.1. The molecule has 0 saturated heterocycles. The van der Waals surface area contributed by atoms with Crippen LogP contribution < -0.4 is 5.32 Å². The van der Waals surface area contributed by atoms with Crippen LogP contribution in [0.4, 0.5) is 0 Å². The minimum atomic E-state index is 0.440. The molecule has 0 amide bonds. The van der Waals surface area contributed by atoms with Crippen molar-refractivity contribution in [3.05, 3.63) is 16.1 Å². The first-order valence-electron chi connectivity index (χ1n) is 5.99. The molecule has 1 aromatic heterocycles. The fourth-order valence-electron chi connectivity index (χ4n) is 2.60. The van der Waals surface area contributed by atoms with Gasteiger partial charge in [-0.2, -0.15) is 0 Å². The van der Waals surface area contributed by atoms with Gasteiger partial charge >= 0.3 is 0 Å². The Kier molecular flexibility index (Phi) is 2.87. The maximum atomic E-state index is 4.28. The minimum absolute atomic E-state index is 0.440. The lowest BCUT2D eigenvalue weighted by molar-refractivity contribution is 0.457. The lowest BCUT2D eigenvalue weighted by Gasteiger charge is -2.05. The third-order valence-corrected chi connectivity index (χ3v) is 5.56. The predicted molar refractivity (Wildman–Crippen MR) is 69.9 cm³/mol. The second kappa shape index (κ2) is 3.81. The summed E-state index contributed by atoms with van der Waals surface area (Å²) in [6.07, 6.45) is 1.11. The van der Waals surface area contributed by atoms with Gasteiger partial charge in [0.25, 0.3) is 0 Å². The molecule has 0 atom stereocenters. The Morgan fingerprint density at radius 2 is 1.94 bits per heavy atom. The van der Waals surface area contributed by atoms with Crippen molar-refractivity contribution >= 4 is 11.3 Å². The standard InChI is InChI=1S/C13H22N2S/c1-9-10(16-8-15-9)6-7-14-11-12(2,3)13(11,4)5/h8,11,14H,6-7H2,1-5H3. The number of aromatic nitrogens is 1. The van der Waals surface area contributed by atoms with Crippen molar-refractivity contribution in [2.75, 3.05) is 6.54 Å². The van der Waals surface area contributed by atoms with Crippen molar-refractivity contribution < 1.29 is 0 Å². The zero-order valence-corrected chi connectivity index (χ0v) is 11.7. The molecule has 0 aliphatic heterocycles. The largest absolute Gasteiger partial charge is 0.313 e. The average molecular weight is 238 g/mol. The molecule has 0 unspecified atom stereocenters. The van der Waals surface area contributed by atoms with Crippen LogP contribution in [0.3, 0.4) is 0 Å². The maximum Gasteiger partial charge on any atom is 0.0797 e. The SMILES string of the molecule is Cc1ncsc1CCNC1C(C)(C)C1(C)C. The minimum Gasteiger partial charge on any atom is -0.313 e. The molecule has 2 rings (SSSR count). The average Bonchev–Trinajstić information content (AvgIpc) is 2.52. The highest BCUT2D eigenvalue weighted by Gasteiger charge is 2.64. The molecular weight excluding hydrogens is 216 g/mol. The molecule has 0 spiro atoms. The van der Waals surface area contributed by atoms with Crippen LogP contribution in [0.15, 0.2) is 5.51 Å². The van der Waals surface area contributed by atoms with Crippen molar-refractivity contribution in [3.8, 4) is 0 Å². The van der Waals surface area contributed by atoms with E-state index in [0.717, 1.165) is 13.0 Å². The molecule has 90 valence electrons. The summed E-state index contributed by atoms with van der Waals surface area (Å²) >= 11 is 1.77. The molecule has 1 aromatic rings. The van der Waals surface area contributed by atoms with Gasteiger partial charge in [0.2, 0.25) is 0 Å². The lowest BCUT2D eigenvalue weighted by Crippen LogP contribution is -2.24. The van der Waals surface area contributed by atoms with Crippen LogP contribution >= 0.6 is 11.3 Å². The van der Waals surface area contributed by atoms with Crippen LogP contribution in [0.25, 0.3) is 0 Å². The highest BCUT2D eigenvalue weighted by Crippen LogP contribution is 2.62. The molecule has 1 N–H and O–H groups in total. The Hall–Kier alpha value is -0.410. The topological polar surface area (TPSA) is 24.9 Å². The van der Waals surface area contributed by atoms with Crippen molar-refractivity contribution in [2.24, 2.45) is 10.8 Å². The fourth-order valence-corrected chi connectivity index (χ4v) is 3.38. The van der Waals surface area contributed by atoms with Crippen molar-refractivity contribution in [1.29, 1.82) is 0 Å². The summed E-state index contributed by atoms with van der Waals surface area (Å²) in [5, 5.41) is 3.68. The second-order valence-electron chi connectivity index (χ2n) is 5.94. The molecule has 0 aromatic carbocycles. The summed E-state index contributed by atoms with van der Waals surface area (Å²) in [5.74, 6) is 0. The van der Waals surface area contributed by atoms with E-state index in [-0.39, 0.29) is 0 Å². The summed E-state index contributed by atoms with van der Waals surface area (Å²) in [4.78, 5) is 5.70. The highest BCUT2D eigenvalue weighted by molar-refractivity contribution is 7.09. The van der Waals surface area contributed by atoms with Gasteiger partial charge in [-0.05, 0) is 24.2 Å². The van der Waals surface area contributed by atoms with Gasteiger partial charge in [0, 0.05) is 17.5 Å². The van der Waals surface area contributed by atoms with Crippen LogP contribution in [0.1, 0.15) is 38.3 Å². The normalized spacial score (nSPS) is 22.3. The molecule has 1 heterocycles. The van der Waals surface area contributed by atoms with E-state index >= 15 is 0 Å². The molecule has 0 bridgehead atoms. The summed E-state index contributed by atoms with van der Waals surface area (Å²) in [7, 11) is 0. The smallest absolute Gasteiger partial charge is 0.0797 e. The number of rotatable bonds is 4. The number of nitrogens with one attached hydrogen (secondary N) is 1. The summed E-state index contributed by atoms with van der Waals surface area (Å²) in [6.45, 7) is 12.6. The molecule has 1 aliphatic rings. The zero-order valence-electron chi connectivity index (χ0n) is 10.9. The molecule has 3 heteroatoms. The maximum absolute atomic E-state index is 4.28. The van der Waals surface area contributed by atoms with Gasteiger partial charge in [0.05, 0.1) is 11.2 Å². The Balaban J connectivity index is 1.81. The number of aryl methyl sites for hydroxylation is 1. The van der Waals surface area contributed by atoms with E-state index in [1.807, 2.05) is 5.51 Å². The highest BCUT2D eigenvalue weighted by atomic mass is 32.1. The Bertz CT molecular complexity index is 365. The summed E-state index contributed by atoms with van der Waals surface area (Å²) in [6, 6.07) is 0.660. The molecule has 1 saturated carbocycles. The quantitative estimate of drug-likeness (QED) is 0.872. The molecule has 1 fully saturated rings. The van der Waals surface area contributed by atoms with E-state index < -0.39 is 0 Å². The van der Waals surface area contributed by atoms with Crippen LogP contribution in [-0.2, 0) is 6.42 Å². The Labute approximate surface area is 102 Å². The van der Waals surface area contributed by atoms with E-state index in [1.165, 1.54) is 10.6 Å². The predicted octanol–water partition coefficient (Wildman–Crippen LogP) is 3.02. The lowest BCUT2D eigenvalue weighted by atomic mass is 10.0. The van der Waals surface area contributed by atoms with E-state index in [4.69, 9.17) is 0 Å². The second-order valence-corrected chi connectivity index (χ2v) is 6.88. The summed E-state index contributed by atoms with van der Waals surface area (Å²) < 4.78 is 0. The number of thiazole rings is 1. The van der Waals surface area contributed by atoms with Gasteiger partial charge in [0.1, 0.15) is 0 Å². The van der Waals surface area contributed by atoms with Gasteiger partial charge in [-0.3, -0.25) is 0 Å². The van der Waals surface area contributed by atoms with Crippen LogP contribution in [0, 0.1) is 17.8 Å². The first-order chi connectivity index (χ1) is 7.37. The number of hydrogen-bond donors (Lipinski definition) is 1. The van der Waals surface area contributed by atoms with E-state index in [0.29, 0.717) is 16.9 Å². The third-order valence-electron chi connectivity index (χ3n) is 4.57. The van der Waals surface area contributed by atoms with E-state index in [9.17, 15) is 0 Å². The fraction of sp³-hybridized carbons (Fsp3) is 0.769. The molecular formula is C13H22N2S. The van der Waals surface area contributed by atoms with Gasteiger partial charge in [-0.25, -0.2) is 4.98 Å². The van der Waals surface area contributed by atoms with Crippen molar-refractivity contribution in [2.45, 2.75) is 47.1 Å². The Morgan fingerprint density at radius 1 is 1.31 bits per heavy atom. The van der Waals surface area contributed by atoms with Gasteiger partial charge < -0.3 is 5.32 Å². The van der Waals surface area contributed by atoms with Gasteiger partial charge in [-0.1, -0.05) is 27.7 Å². The summed E-state index contributed by atoms with van der Waals surface area (Å²) in [5.41, 5.74) is 4.02. The molecule has 1 aliphatic carbocycles. The van der Waals surface area contributed by atoms with E-state index in [1.54, 1.807) is 11.3 Å². The number of nitrogens with zero attached hydrogens (tertiary/aromatic N) is 1. The zero-order chi connectivity index (χ0) is 12.0. The Morgan fingerprint density at radius 3 is 2.38 bits per heavy atom. The van der Waals surface area contributed by atoms with Gasteiger partial charge in [-0.15, -0.1) is 11.3 Å². The van der Waals surface area contributed by atoms with Crippen LogP contribution in [0.2, 0.25) is 0 Å². The van der Waals surface area contributed by atoms with Crippen molar-refractivity contribution in [3.63, 3.8) is 0 Å². The third kappa shape index (κ3) is 1.80. The number of hydrogen-bond acceptors (Lipinski definition) is 3. The molecule has 16 heavy (non-hydrogen) atoms. The first-order valence-corrected chi connectivity index (χ1v) is 6.87. The van der Waals surface area contributed by atoms with Crippen LogP contribution in [-0.4, -0.2) is 17.6 Å². The van der Waals surface area contributed by atoms with Crippen LogP contribution in [0.5, 0.6) is 0 Å². The van der Waals surface area contributed by atoms with Crippen molar-refractivity contribution in [1.82, 2.24) is 10.3 Å². The van der Waals surface area contributed by atoms with Gasteiger partial charge in [0.15, 0.2) is 0 Å². The van der Waals surface area contributed by atoms with E-state index in [2.05, 4.69) is 44.9 Å².